The van der Waals surface area contributed by atoms with E-state index in [9.17, 15) is 9.59 Å². The molecule has 3 rings (SSSR count). The Morgan fingerprint density at radius 2 is 1.88 bits per heavy atom. The van der Waals surface area contributed by atoms with Crippen LogP contribution in [0, 0.1) is 5.92 Å². The van der Waals surface area contributed by atoms with Crippen molar-refractivity contribution in [2.24, 2.45) is 5.92 Å². The van der Waals surface area contributed by atoms with Gasteiger partial charge in [0, 0.05) is 25.2 Å². The molecule has 1 fully saturated rings. The molecule has 1 saturated heterocycles. The van der Waals surface area contributed by atoms with Gasteiger partial charge in [0.1, 0.15) is 0 Å². The van der Waals surface area contributed by atoms with Gasteiger partial charge in [-0.05, 0) is 36.2 Å². The lowest BCUT2D eigenvalue weighted by atomic mass is 10.1. The maximum absolute atomic E-state index is 12.4. The first-order valence-electron chi connectivity index (χ1n) is 8.21. The summed E-state index contributed by atoms with van der Waals surface area (Å²) in [5.41, 5.74) is 8.14. The highest BCUT2D eigenvalue weighted by molar-refractivity contribution is 6.33. The van der Waals surface area contributed by atoms with Crippen molar-refractivity contribution in [3.8, 4) is 0 Å². The Bertz CT molecular complexity index is 781. The number of nitrogens with two attached hydrogens (primary N) is 1. The minimum Gasteiger partial charge on any atom is -0.399 e. The van der Waals surface area contributed by atoms with E-state index in [2.05, 4.69) is 5.32 Å². The predicted molar refractivity (Wildman–Crippen MR) is 107 cm³/mol. The van der Waals surface area contributed by atoms with Gasteiger partial charge in [-0.25, -0.2) is 0 Å². The van der Waals surface area contributed by atoms with E-state index < -0.39 is 0 Å². The first-order valence-corrected chi connectivity index (χ1v) is 8.59. The average molecular weight is 394 g/mol. The van der Waals surface area contributed by atoms with Crippen molar-refractivity contribution >= 4 is 47.2 Å². The molecule has 0 aromatic heterocycles. The van der Waals surface area contributed by atoms with Crippen LogP contribution in [0.15, 0.2) is 48.5 Å². The molecule has 26 heavy (non-hydrogen) atoms. The number of carbonyl (C=O) groups excluding carboxylic acids is 2. The van der Waals surface area contributed by atoms with E-state index in [0.717, 1.165) is 17.7 Å². The quantitative estimate of drug-likeness (QED) is 0.766. The minimum absolute atomic E-state index is 0. The van der Waals surface area contributed by atoms with Gasteiger partial charge in [0.05, 0.1) is 16.6 Å². The van der Waals surface area contributed by atoms with Crippen LogP contribution in [-0.4, -0.2) is 24.9 Å². The highest BCUT2D eigenvalue weighted by atomic mass is 35.5. The van der Waals surface area contributed by atoms with Crippen molar-refractivity contribution in [3.05, 3.63) is 59.1 Å². The van der Waals surface area contributed by atoms with Crippen molar-refractivity contribution < 1.29 is 9.59 Å². The van der Waals surface area contributed by atoms with Crippen LogP contribution in [0.25, 0.3) is 0 Å². The van der Waals surface area contributed by atoms with Gasteiger partial charge in [0.2, 0.25) is 11.8 Å². The lowest BCUT2D eigenvalue weighted by Gasteiger charge is -2.18. The maximum Gasteiger partial charge on any atom is 0.227 e. The molecule has 0 radical (unpaired) electrons. The molecule has 0 aliphatic carbocycles. The molecule has 1 heterocycles. The van der Waals surface area contributed by atoms with Crippen LogP contribution < -0.4 is 16.0 Å². The molecule has 5 nitrogen and oxygen atoms in total. The number of nitrogens with zero attached hydrogens (tertiary/aromatic N) is 1. The zero-order valence-electron chi connectivity index (χ0n) is 14.2. The Morgan fingerprint density at radius 3 is 2.58 bits per heavy atom. The molecule has 0 saturated carbocycles. The van der Waals surface area contributed by atoms with E-state index >= 15 is 0 Å². The second kappa shape index (κ2) is 8.92. The number of para-hydroxylation sites is 1. The van der Waals surface area contributed by atoms with Crippen molar-refractivity contribution in [2.45, 2.75) is 12.8 Å². The molecular formula is C19H21Cl2N3O2. The lowest BCUT2D eigenvalue weighted by Crippen LogP contribution is -2.34. The van der Waals surface area contributed by atoms with Crippen molar-refractivity contribution in [1.82, 2.24) is 5.32 Å². The van der Waals surface area contributed by atoms with Crippen LogP contribution in [0.4, 0.5) is 11.4 Å². The maximum atomic E-state index is 12.4. The van der Waals surface area contributed by atoms with Crippen LogP contribution >= 0.6 is 24.0 Å². The zero-order valence-corrected chi connectivity index (χ0v) is 15.7. The molecule has 0 spiro atoms. The summed E-state index contributed by atoms with van der Waals surface area (Å²) in [5, 5.41) is 3.43. The summed E-state index contributed by atoms with van der Waals surface area (Å²) >= 11 is 6.16. The van der Waals surface area contributed by atoms with Crippen molar-refractivity contribution in [1.29, 1.82) is 0 Å². The van der Waals surface area contributed by atoms with Gasteiger partial charge in [-0.2, -0.15) is 0 Å². The zero-order chi connectivity index (χ0) is 17.8. The summed E-state index contributed by atoms with van der Waals surface area (Å²) < 4.78 is 0. The standard InChI is InChI=1S/C19H20ClN3O2.ClH/c20-16-3-1-2-4-17(16)23-12-14(11-18(23)24)19(25)22-10-9-13-5-7-15(21)8-6-13;/h1-8,14H,9-12,21H2,(H,22,25);1H. The summed E-state index contributed by atoms with van der Waals surface area (Å²) in [7, 11) is 0. The van der Waals surface area contributed by atoms with E-state index in [-0.39, 0.29) is 36.6 Å². The molecule has 0 bridgehead atoms. The molecule has 138 valence electrons. The Kier molecular flexibility index (Phi) is 6.89. The third kappa shape index (κ3) is 4.68. The number of halogens is 2. The van der Waals surface area contributed by atoms with Gasteiger partial charge in [-0.3, -0.25) is 9.59 Å². The Balaban J connectivity index is 0.00000243. The Morgan fingerprint density at radius 1 is 1.19 bits per heavy atom. The summed E-state index contributed by atoms with van der Waals surface area (Å²) in [5.74, 6) is -0.527. The molecule has 1 aliphatic rings. The predicted octanol–water partition coefficient (Wildman–Crippen LogP) is 3.06. The number of rotatable bonds is 5. The van der Waals surface area contributed by atoms with E-state index in [1.807, 2.05) is 36.4 Å². The summed E-state index contributed by atoms with van der Waals surface area (Å²) in [6.07, 6.45) is 0.930. The van der Waals surface area contributed by atoms with Gasteiger partial charge in [0.25, 0.3) is 0 Å². The average Bonchev–Trinajstić information content (AvgIpc) is 2.99. The van der Waals surface area contributed by atoms with Crippen molar-refractivity contribution in [3.63, 3.8) is 0 Å². The molecule has 1 unspecified atom stereocenters. The highest BCUT2D eigenvalue weighted by Crippen LogP contribution is 2.30. The van der Waals surface area contributed by atoms with E-state index in [1.165, 1.54) is 0 Å². The fourth-order valence-electron chi connectivity index (χ4n) is 2.95. The van der Waals surface area contributed by atoms with Gasteiger partial charge in [-0.15, -0.1) is 12.4 Å². The summed E-state index contributed by atoms with van der Waals surface area (Å²) in [6, 6.07) is 14.7. The third-order valence-electron chi connectivity index (χ3n) is 4.33. The molecule has 1 aliphatic heterocycles. The van der Waals surface area contributed by atoms with Crippen LogP contribution in [0.1, 0.15) is 12.0 Å². The largest absolute Gasteiger partial charge is 0.399 e. The number of anilines is 2. The van der Waals surface area contributed by atoms with Gasteiger partial charge in [0.15, 0.2) is 0 Å². The minimum atomic E-state index is -0.352. The van der Waals surface area contributed by atoms with Crippen LogP contribution in [-0.2, 0) is 16.0 Å². The summed E-state index contributed by atoms with van der Waals surface area (Å²) in [4.78, 5) is 26.2. The highest BCUT2D eigenvalue weighted by Gasteiger charge is 2.35. The van der Waals surface area contributed by atoms with Crippen LogP contribution in [0.2, 0.25) is 5.02 Å². The number of hydrogen-bond acceptors (Lipinski definition) is 3. The number of carbonyl (C=O) groups is 2. The first kappa shape index (κ1) is 20.1. The Labute approximate surface area is 163 Å². The number of benzene rings is 2. The van der Waals surface area contributed by atoms with Gasteiger partial charge >= 0.3 is 0 Å². The van der Waals surface area contributed by atoms with E-state index in [1.54, 1.807) is 17.0 Å². The van der Waals surface area contributed by atoms with E-state index in [4.69, 9.17) is 17.3 Å². The molecule has 2 aromatic rings. The SMILES string of the molecule is Cl.Nc1ccc(CCNC(=O)C2CC(=O)N(c3ccccc3Cl)C2)cc1. The second-order valence-electron chi connectivity index (χ2n) is 6.14. The van der Waals surface area contributed by atoms with Crippen molar-refractivity contribution in [2.75, 3.05) is 23.7 Å². The number of amides is 2. The first-order chi connectivity index (χ1) is 12.0. The van der Waals surface area contributed by atoms with E-state index in [0.29, 0.717) is 23.8 Å². The topological polar surface area (TPSA) is 75.4 Å². The second-order valence-corrected chi connectivity index (χ2v) is 6.55. The Hall–Kier alpha value is -2.24. The molecular weight excluding hydrogens is 373 g/mol. The number of hydrogen-bond donors (Lipinski definition) is 2. The normalized spacial score (nSPS) is 16.3. The molecule has 3 N–H and O–H groups in total. The summed E-state index contributed by atoms with van der Waals surface area (Å²) in [6.45, 7) is 0.885. The van der Waals surface area contributed by atoms with Crippen LogP contribution in [0.5, 0.6) is 0 Å². The molecule has 2 aromatic carbocycles. The van der Waals surface area contributed by atoms with Gasteiger partial charge < -0.3 is 16.0 Å². The fourth-order valence-corrected chi connectivity index (χ4v) is 3.18. The monoisotopic (exact) mass is 393 g/mol. The molecule has 2 amide bonds. The van der Waals surface area contributed by atoms with Crippen LogP contribution in [0.3, 0.4) is 0 Å². The lowest BCUT2D eigenvalue weighted by molar-refractivity contribution is -0.126. The smallest absolute Gasteiger partial charge is 0.227 e. The molecule has 1 atom stereocenters. The third-order valence-corrected chi connectivity index (χ3v) is 4.65. The number of nitrogen functional groups attached to an aromatic ring is 1. The van der Waals surface area contributed by atoms with Gasteiger partial charge in [-0.1, -0.05) is 35.9 Å². The molecule has 7 heteroatoms. The fraction of sp³-hybridized carbons (Fsp3) is 0.263. The number of nitrogens with one attached hydrogen (secondary N) is 1.